The van der Waals surface area contributed by atoms with Gasteiger partial charge in [-0.3, -0.25) is 5.10 Å². The molecular weight excluding hydrogens is 353 g/mol. The third-order valence-electron chi connectivity index (χ3n) is 4.30. The van der Waals surface area contributed by atoms with Gasteiger partial charge in [0.15, 0.2) is 0 Å². The van der Waals surface area contributed by atoms with Gasteiger partial charge in [-0.15, -0.1) is 0 Å². The number of aromatic amines is 1. The quantitative estimate of drug-likeness (QED) is 0.434. The number of rotatable bonds is 7. The predicted octanol–water partition coefficient (Wildman–Crippen LogP) is 4.84. The zero-order valence-electron chi connectivity index (χ0n) is 15.2. The Labute approximate surface area is 162 Å². The van der Waals surface area contributed by atoms with E-state index in [9.17, 15) is 4.39 Å². The van der Waals surface area contributed by atoms with Crippen molar-refractivity contribution in [1.29, 1.82) is 0 Å². The number of benzene rings is 2. The van der Waals surface area contributed by atoms with E-state index in [0.717, 1.165) is 35.1 Å². The minimum Gasteiger partial charge on any atom is -0.366 e. The standard InChI is InChI=1S/C22H20FN5/c23-18-11-9-17(10-12-18)20-13-19(27-28-20)15-25-22-8-4-7-21(26-22)24-14-16-5-2-1-3-6-16/h1-13H,14-15H2,(H,27,28)(H2,24,25,26). The molecular formula is C22H20FN5. The third kappa shape index (κ3) is 4.54. The lowest BCUT2D eigenvalue weighted by molar-refractivity contribution is 0.628. The van der Waals surface area contributed by atoms with E-state index in [4.69, 9.17) is 0 Å². The van der Waals surface area contributed by atoms with Crippen molar-refractivity contribution in [2.45, 2.75) is 13.1 Å². The highest BCUT2D eigenvalue weighted by Crippen LogP contribution is 2.19. The number of hydrogen-bond donors (Lipinski definition) is 3. The van der Waals surface area contributed by atoms with Gasteiger partial charge >= 0.3 is 0 Å². The summed E-state index contributed by atoms with van der Waals surface area (Å²) in [5, 5.41) is 13.9. The van der Waals surface area contributed by atoms with Crippen LogP contribution in [0.3, 0.4) is 0 Å². The highest BCUT2D eigenvalue weighted by atomic mass is 19.1. The van der Waals surface area contributed by atoms with Crippen molar-refractivity contribution in [2.24, 2.45) is 0 Å². The summed E-state index contributed by atoms with van der Waals surface area (Å²) in [6, 6.07) is 24.2. The van der Waals surface area contributed by atoms with E-state index in [-0.39, 0.29) is 5.82 Å². The number of nitrogens with zero attached hydrogens (tertiary/aromatic N) is 2. The molecule has 0 bridgehead atoms. The van der Waals surface area contributed by atoms with Crippen LogP contribution in [-0.4, -0.2) is 15.2 Å². The number of halogens is 1. The van der Waals surface area contributed by atoms with E-state index in [1.807, 2.05) is 42.5 Å². The Morgan fingerprint density at radius 2 is 1.50 bits per heavy atom. The average Bonchev–Trinajstić information content (AvgIpc) is 3.21. The Balaban J connectivity index is 1.35. The van der Waals surface area contributed by atoms with Crippen LogP contribution in [0.5, 0.6) is 0 Å². The number of hydrogen-bond acceptors (Lipinski definition) is 4. The fourth-order valence-electron chi connectivity index (χ4n) is 2.83. The Kier molecular flexibility index (Phi) is 5.29. The second-order valence-electron chi connectivity index (χ2n) is 6.39. The molecule has 0 saturated carbocycles. The molecule has 2 heterocycles. The summed E-state index contributed by atoms with van der Waals surface area (Å²) < 4.78 is 13.0. The minimum atomic E-state index is -0.256. The van der Waals surface area contributed by atoms with Gasteiger partial charge in [-0.2, -0.15) is 5.10 Å². The van der Waals surface area contributed by atoms with Crippen LogP contribution >= 0.6 is 0 Å². The molecule has 140 valence electrons. The molecule has 4 aromatic rings. The van der Waals surface area contributed by atoms with Gasteiger partial charge < -0.3 is 10.6 Å². The molecule has 0 unspecified atom stereocenters. The first-order chi connectivity index (χ1) is 13.8. The minimum absolute atomic E-state index is 0.256. The Morgan fingerprint density at radius 1 is 0.786 bits per heavy atom. The first-order valence-corrected chi connectivity index (χ1v) is 9.05. The fraction of sp³-hybridized carbons (Fsp3) is 0.0909. The Morgan fingerprint density at radius 3 is 2.25 bits per heavy atom. The van der Waals surface area contributed by atoms with Gasteiger partial charge in [0.1, 0.15) is 17.5 Å². The summed E-state index contributed by atoms with van der Waals surface area (Å²) in [5.41, 5.74) is 3.77. The molecule has 5 nitrogen and oxygen atoms in total. The van der Waals surface area contributed by atoms with Crippen LogP contribution in [0.15, 0.2) is 78.9 Å². The molecule has 0 spiro atoms. The van der Waals surface area contributed by atoms with Crippen molar-refractivity contribution < 1.29 is 4.39 Å². The maximum absolute atomic E-state index is 13.0. The molecule has 4 rings (SSSR count). The van der Waals surface area contributed by atoms with Crippen molar-refractivity contribution in [3.05, 3.63) is 95.9 Å². The van der Waals surface area contributed by atoms with E-state index in [1.54, 1.807) is 12.1 Å². The van der Waals surface area contributed by atoms with Crippen LogP contribution in [0.4, 0.5) is 16.0 Å². The van der Waals surface area contributed by atoms with Crippen molar-refractivity contribution in [3.8, 4) is 11.3 Å². The van der Waals surface area contributed by atoms with Gasteiger partial charge in [-0.05, 0) is 48.0 Å². The van der Waals surface area contributed by atoms with Crippen LogP contribution in [-0.2, 0) is 13.1 Å². The number of nitrogens with one attached hydrogen (secondary N) is 3. The summed E-state index contributed by atoms with van der Waals surface area (Å²) in [6.45, 7) is 1.28. The molecule has 2 aromatic heterocycles. The number of H-pyrrole nitrogens is 1. The lowest BCUT2D eigenvalue weighted by Crippen LogP contribution is -2.05. The van der Waals surface area contributed by atoms with Gasteiger partial charge in [0.25, 0.3) is 0 Å². The molecule has 0 fully saturated rings. The van der Waals surface area contributed by atoms with Gasteiger partial charge in [0, 0.05) is 12.1 Å². The predicted molar refractivity (Wildman–Crippen MR) is 109 cm³/mol. The molecule has 0 aliphatic carbocycles. The van der Waals surface area contributed by atoms with Crippen LogP contribution in [0.1, 0.15) is 11.3 Å². The summed E-state index contributed by atoms with van der Waals surface area (Å²) in [5.74, 6) is 1.33. The normalized spacial score (nSPS) is 10.6. The molecule has 0 radical (unpaired) electrons. The van der Waals surface area contributed by atoms with Gasteiger partial charge in [0.2, 0.25) is 0 Å². The van der Waals surface area contributed by atoms with Crippen LogP contribution in [0.2, 0.25) is 0 Å². The first-order valence-electron chi connectivity index (χ1n) is 9.05. The van der Waals surface area contributed by atoms with E-state index in [2.05, 4.69) is 37.9 Å². The molecule has 6 heteroatoms. The third-order valence-corrected chi connectivity index (χ3v) is 4.30. The zero-order valence-corrected chi connectivity index (χ0v) is 15.2. The lowest BCUT2D eigenvalue weighted by atomic mass is 10.1. The zero-order chi connectivity index (χ0) is 19.2. The number of anilines is 2. The monoisotopic (exact) mass is 373 g/mol. The van der Waals surface area contributed by atoms with E-state index < -0.39 is 0 Å². The lowest BCUT2D eigenvalue weighted by Gasteiger charge is -2.08. The largest absolute Gasteiger partial charge is 0.366 e. The van der Waals surface area contributed by atoms with Gasteiger partial charge in [-0.25, -0.2) is 9.37 Å². The van der Waals surface area contributed by atoms with Crippen molar-refractivity contribution in [3.63, 3.8) is 0 Å². The van der Waals surface area contributed by atoms with E-state index >= 15 is 0 Å². The fourth-order valence-corrected chi connectivity index (χ4v) is 2.83. The van der Waals surface area contributed by atoms with Crippen molar-refractivity contribution >= 4 is 11.6 Å². The highest BCUT2D eigenvalue weighted by Gasteiger charge is 2.05. The van der Waals surface area contributed by atoms with Gasteiger partial charge in [0.05, 0.1) is 17.9 Å². The Hall–Kier alpha value is -3.67. The molecule has 0 aliphatic rings. The molecule has 0 atom stereocenters. The second kappa shape index (κ2) is 8.35. The topological polar surface area (TPSA) is 65.6 Å². The number of pyridine rings is 1. The van der Waals surface area contributed by atoms with Crippen LogP contribution in [0.25, 0.3) is 11.3 Å². The Bertz CT molecular complexity index is 1030. The first kappa shape index (κ1) is 17.7. The molecule has 0 amide bonds. The van der Waals surface area contributed by atoms with Crippen LogP contribution in [0, 0.1) is 5.82 Å². The van der Waals surface area contributed by atoms with E-state index in [1.165, 1.54) is 17.7 Å². The van der Waals surface area contributed by atoms with Crippen molar-refractivity contribution in [2.75, 3.05) is 10.6 Å². The molecule has 2 aromatic carbocycles. The molecule has 28 heavy (non-hydrogen) atoms. The molecule has 0 saturated heterocycles. The average molecular weight is 373 g/mol. The summed E-state index contributed by atoms with van der Waals surface area (Å²) in [6.07, 6.45) is 0. The summed E-state index contributed by atoms with van der Waals surface area (Å²) >= 11 is 0. The summed E-state index contributed by atoms with van der Waals surface area (Å²) in [7, 11) is 0. The molecule has 3 N–H and O–H groups in total. The van der Waals surface area contributed by atoms with Gasteiger partial charge in [-0.1, -0.05) is 36.4 Å². The van der Waals surface area contributed by atoms with Crippen molar-refractivity contribution in [1.82, 2.24) is 15.2 Å². The SMILES string of the molecule is Fc1ccc(-c2cc(CNc3cccc(NCc4ccccc4)n3)[nH]n2)cc1. The second-order valence-corrected chi connectivity index (χ2v) is 6.39. The van der Waals surface area contributed by atoms with E-state index in [0.29, 0.717) is 6.54 Å². The summed E-state index contributed by atoms with van der Waals surface area (Å²) in [4.78, 5) is 4.58. The number of aromatic nitrogens is 3. The maximum atomic E-state index is 13.0. The molecule has 0 aliphatic heterocycles. The smallest absolute Gasteiger partial charge is 0.128 e. The highest BCUT2D eigenvalue weighted by molar-refractivity contribution is 5.59. The van der Waals surface area contributed by atoms with Crippen LogP contribution < -0.4 is 10.6 Å². The maximum Gasteiger partial charge on any atom is 0.128 e.